The number of carbonyl (C=O) groups is 1. The maximum Gasteiger partial charge on any atom is 0.228 e. The summed E-state index contributed by atoms with van der Waals surface area (Å²) in [5, 5.41) is 4.07. The van der Waals surface area contributed by atoms with Gasteiger partial charge in [0.1, 0.15) is 0 Å². The van der Waals surface area contributed by atoms with E-state index in [9.17, 15) is 4.79 Å². The zero-order valence-corrected chi connectivity index (χ0v) is 15.8. The molecule has 1 amide bonds. The van der Waals surface area contributed by atoms with Crippen LogP contribution in [0.4, 0.5) is 0 Å². The van der Waals surface area contributed by atoms with E-state index >= 15 is 0 Å². The molecule has 2 heterocycles. The van der Waals surface area contributed by atoms with Crippen LogP contribution in [0.15, 0.2) is 28.8 Å². The highest BCUT2D eigenvalue weighted by Gasteiger charge is 2.26. The third kappa shape index (κ3) is 4.00. The van der Waals surface area contributed by atoms with Gasteiger partial charge < -0.3 is 18.9 Å². The van der Waals surface area contributed by atoms with Gasteiger partial charge in [-0.05, 0) is 36.5 Å². The minimum Gasteiger partial charge on any atom is -0.493 e. The summed E-state index contributed by atoms with van der Waals surface area (Å²) >= 11 is 0. The lowest BCUT2D eigenvalue weighted by atomic mass is 9.91. The molecule has 6 nitrogen and oxygen atoms in total. The summed E-state index contributed by atoms with van der Waals surface area (Å²) in [6, 6.07) is 7.34. The largest absolute Gasteiger partial charge is 0.493 e. The van der Waals surface area contributed by atoms with Crippen LogP contribution in [-0.4, -0.2) is 43.3 Å². The van der Waals surface area contributed by atoms with E-state index in [1.54, 1.807) is 14.2 Å². The van der Waals surface area contributed by atoms with Crippen molar-refractivity contribution < 1.29 is 18.8 Å². The van der Waals surface area contributed by atoms with Gasteiger partial charge in [-0.2, -0.15) is 0 Å². The molecule has 2 atom stereocenters. The van der Waals surface area contributed by atoms with Gasteiger partial charge in [-0.25, -0.2) is 0 Å². The van der Waals surface area contributed by atoms with E-state index in [-0.39, 0.29) is 12.3 Å². The van der Waals surface area contributed by atoms with E-state index in [0.717, 1.165) is 18.7 Å². The van der Waals surface area contributed by atoms with Crippen molar-refractivity contribution >= 4 is 5.91 Å². The molecule has 1 aliphatic rings. The number of hydrogen-bond donors (Lipinski definition) is 0. The van der Waals surface area contributed by atoms with Gasteiger partial charge in [0, 0.05) is 24.7 Å². The van der Waals surface area contributed by atoms with Crippen LogP contribution in [0, 0.1) is 11.8 Å². The van der Waals surface area contributed by atoms with Crippen LogP contribution in [-0.2, 0) is 11.2 Å². The molecule has 0 radical (unpaired) electrons. The summed E-state index contributed by atoms with van der Waals surface area (Å²) in [5.41, 5.74) is 1.47. The van der Waals surface area contributed by atoms with Crippen molar-refractivity contribution in [2.75, 3.05) is 27.3 Å². The molecule has 3 rings (SSSR count). The van der Waals surface area contributed by atoms with Gasteiger partial charge in [0.15, 0.2) is 17.3 Å². The molecular formula is C20H26N2O4. The Morgan fingerprint density at radius 2 is 1.85 bits per heavy atom. The Kier molecular flexibility index (Phi) is 5.49. The highest BCUT2D eigenvalue weighted by molar-refractivity contribution is 5.79. The minimum absolute atomic E-state index is 0.107. The van der Waals surface area contributed by atoms with Crippen molar-refractivity contribution in [3.63, 3.8) is 0 Å². The number of piperidine rings is 1. The molecular weight excluding hydrogens is 332 g/mol. The second-order valence-electron chi connectivity index (χ2n) is 7.17. The average molecular weight is 358 g/mol. The Bertz CT molecular complexity index is 761. The number of likely N-dealkylation sites (tertiary alicyclic amines) is 1. The second-order valence-corrected chi connectivity index (χ2v) is 7.17. The fourth-order valence-electron chi connectivity index (χ4n) is 3.65. The Hall–Kier alpha value is -2.50. The van der Waals surface area contributed by atoms with E-state index in [1.165, 1.54) is 6.42 Å². The molecule has 1 aliphatic heterocycles. The van der Waals surface area contributed by atoms with Gasteiger partial charge in [0.05, 0.1) is 26.3 Å². The molecule has 140 valence electrons. The Balaban J connectivity index is 1.71. The Morgan fingerprint density at radius 1 is 1.15 bits per heavy atom. The molecule has 1 aromatic carbocycles. The number of aromatic nitrogens is 1. The van der Waals surface area contributed by atoms with Gasteiger partial charge in [0.2, 0.25) is 5.91 Å². The van der Waals surface area contributed by atoms with Crippen LogP contribution in [0.1, 0.15) is 26.0 Å². The third-order valence-corrected chi connectivity index (χ3v) is 4.78. The molecule has 0 bridgehead atoms. The number of hydrogen-bond acceptors (Lipinski definition) is 5. The number of nitrogens with zero attached hydrogens (tertiary/aromatic N) is 2. The standard InChI is InChI=1S/C20H26N2O4/c1-13-7-14(2)12-22(11-13)20(23)10-16-9-18(26-21-16)15-5-6-17(24-3)19(8-15)25-4/h5-6,8-9,13-14H,7,10-12H2,1-4H3. The van der Waals surface area contributed by atoms with Crippen LogP contribution in [0.25, 0.3) is 11.3 Å². The molecule has 26 heavy (non-hydrogen) atoms. The summed E-state index contributed by atoms with van der Waals surface area (Å²) < 4.78 is 16.0. The molecule has 1 aromatic heterocycles. The molecule has 0 spiro atoms. The molecule has 2 unspecified atom stereocenters. The fraction of sp³-hybridized carbons (Fsp3) is 0.500. The summed E-state index contributed by atoms with van der Waals surface area (Å²) in [4.78, 5) is 14.5. The Labute approximate surface area is 154 Å². The maximum absolute atomic E-state index is 12.6. The molecule has 2 aromatic rings. The number of ether oxygens (including phenoxy) is 2. The van der Waals surface area contributed by atoms with Crippen molar-refractivity contribution in [3.8, 4) is 22.8 Å². The normalized spacial score (nSPS) is 20.1. The quantitative estimate of drug-likeness (QED) is 0.819. The van der Waals surface area contributed by atoms with Gasteiger partial charge in [-0.1, -0.05) is 19.0 Å². The number of benzene rings is 1. The van der Waals surface area contributed by atoms with Gasteiger partial charge in [-0.15, -0.1) is 0 Å². The summed E-state index contributed by atoms with van der Waals surface area (Å²) in [6.07, 6.45) is 1.44. The number of carbonyl (C=O) groups excluding carboxylic acids is 1. The molecule has 0 N–H and O–H groups in total. The SMILES string of the molecule is COc1ccc(-c2cc(CC(=O)N3CC(C)CC(C)C3)no2)cc1OC. The number of amides is 1. The maximum atomic E-state index is 12.6. The first-order valence-corrected chi connectivity index (χ1v) is 8.96. The lowest BCUT2D eigenvalue weighted by Gasteiger charge is -2.34. The van der Waals surface area contributed by atoms with Gasteiger partial charge in [-0.3, -0.25) is 4.79 Å². The predicted octanol–water partition coefficient (Wildman–Crippen LogP) is 3.41. The zero-order chi connectivity index (χ0) is 18.7. The zero-order valence-electron chi connectivity index (χ0n) is 15.8. The van der Waals surface area contributed by atoms with Gasteiger partial charge >= 0.3 is 0 Å². The van der Waals surface area contributed by atoms with Crippen molar-refractivity contribution in [1.82, 2.24) is 10.1 Å². The first-order chi connectivity index (χ1) is 12.5. The van der Waals surface area contributed by atoms with E-state index in [4.69, 9.17) is 14.0 Å². The lowest BCUT2D eigenvalue weighted by Crippen LogP contribution is -2.43. The van der Waals surface area contributed by atoms with Crippen LogP contribution in [0.3, 0.4) is 0 Å². The smallest absolute Gasteiger partial charge is 0.228 e. The van der Waals surface area contributed by atoms with E-state index in [1.807, 2.05) is 29.2 Å². The number of methoxy groups -OCH3 is 2. The summed E-state index contributed by atoms with van der Waals surface area (Å²) in [5.74, 6) is 3.07. The topological polar surface area (TPSA) is 64.8 Å². The number of rotatable bonds is 5. The first-order valence-electron chi connectivity index (χ1n) is 8.96. The molecule has 1 saturated heterocycles. The first kappa shape index (κ1) is 18.3. The monoisotopic (exact) mass is 358 g/mol. The third-order valence-electron chi connectivity index (χ3n) is 4.78. The Morgan fingerprint density at radius 3 is 2.50 bits per heavy atom. The minimum atomic E-state index is 0.107. The molecule has 1 fully saturated rings. The highest BCUT2D eigenvalue weighted by Crippen LogP contribution is 2.32. The molecule has 0 saturated carbocycles. The average Bonchev–Trinajstić information content (AvgIpc) is 3.08. The summed E-state index contributed by atoms with van der Waals surface area (Å²) in [6.45, 7) is 6.04. The van der Waals surface area contributed by atoms with E-state index < -0.39 is 0 Å². The van der Waals surface area contributed by atoms with Crippen LogP contribution >= 0.6 is 0 Å². The van der Waals surface area contributed by atoms with Gasteiger partial charge in [0.25, 0.3) is 0 Å². The van der Waals surface area contributed by atoms with Crippen molar-refractivity contribution in [2.24, 2.45) is 11.8 Å². The molecule has 0 aliphatic carbocycles. The second kappa shape index (κ2) is 7.81. The molecule has 6 heteroatoms. The van der Waals surface area contributed by atoms with Crippen molar-refractivity contribution in [3.05, 3.63) is 30.0 Å². The fourth-order valence-corrected chi connectivity index (χ4v) is 3.65. The van der Waals surface area contributed by atoms with Crippen molar-refractivity contribution in [1.29, 1.82) is 0 Å². The lowest BCUT2D eigenvalue weighted by molar-refractivity contribution is -0.133. The van der Waals surface area contributed by atoms with Crippen molar-refractivity contribution in [2.45, 2.75) is 26.7 Å². The van der Waals surface area contributed by atoms with E-state index in [2.05, 4.69) is 19.0 Å². The summed E-state index contributed by atoms with van der Waals surface area (Å²) in [7, 11) is 3.19. The van der Waals surface area contributed by atoms with Crippen LogP contribution in [0.2, 0.25) is 0 Å². The highest BCUT2D eigenvalue weighted by atomic mass is 16.5. The van der Waals surface area contributed by atoms with Crippen LogP contribution < -0.4 is 9.47 Å². The van der Waals surface area contributed by atoms with E-state index in [0.29, 0.717) is 34.8 Å². The predicted molar refractivity (Wildman–Crippen MR) is 98.3 cm³/mol. The van der Waals surface area contributed by atoms with Crippen LogP contribution in [0.5, 0.6) is 11.5 Å².